The molecule has 0 aliphatic carbocycles. The van der Waals surface area contributed by atoms with Crippen molar-refractivity contribution in [3.05, 3.63) is 33.8 Å². The first kappa shape index (κ1) is 11.6. The summed E-state index contributed by atoms with van der Waals surface area (Å²) in [5, 5.41) is 0. The van der Waals surface area contributed by atoms with E-state index in [1.807, 2.05) is 13.8 Å². The molecule has 14 heavy (non-hydrogen) atoms. The first-order chi connectivity index (χ1) is 6.32. The molecule has 0 aromatic heterocycles. The molecule has 0 atom stereocenters. The monoisotopic (exact) mass is 266 g/mol. The lowest BCUT2D eigenvalue weighted by atomic mass is 10.0. The van der Waals surface area contributed by atoms with Gasteiger partial charge in [0.2, 0.25) is 0 Å². The zero-order valence-electron chi connectivity index (χ0n) is 7.82. The van der Waals surface area contributed by atoms with Crippen LogP contribution >= 0.6 is 15.9 Å². The highest BCUT2D eigenvalue weighted by Crippen LogP contribution is 2.34. The van der Waals surface area contributed by atoms with Crippen LogP contribution in [-0.2, 0) is 6.18 Å². The normalized spacial score (nSPS) is 12.2. The molecule has 1 rings (SSSR count). The van der Waals surface area contributed by atoms with E-state index in [1.165, 1.54) is 12.1 Å². The van der Waals surface area contributed by atoms with E-state index in [2.05, 4.69) is 15.9 Å². The Hall–Kier alpha value is -0.510. The van der Waals surface area contributed by atoms with E-state index in [1.54, 1.807) is 0 Å². The summed E-state index contributed by atoms with van der Waals surface area (Å²) in [6.45, 7) is 3.72. The van der Waals surface area contributed by atoms with E-state index in [-0.39, 0.29) is 5.92 Å². The minimum Gasteiger partial charge on any atom is -0.166 e. The Labute approximate surface area is 89.3 Å². The average molecular weight is 267 g/mol. The van der Waals surface area contributed by atoms with Gasteiger partial charge in [-0.1, -0.05) is 29.8 Å². The van der Waals surface area contributed by atoms with Crippen molar-refractivity contribution in [2.75, 3.05) is 0 Å². The Balaban J connectivity index is 3.20. The largest absolute Gasteiger partial charge is 0.416 e. The molecule has 0 radical (unpaired) electrons. The number of halogens is 4. The second kappa shape index (κ2) is 3.93. The highest BCUT2D eigenvalue weighted by molar-refractivity contribution is 9.10. The summed E-state index contributed by atoms with van der Waals surface area (Å²) < 4.78 is 37.8. The number of rotatable bonds is 1. The molecular formula is C10H10BrF3. The maximum atomic E-state index is 12.3. The third-order valence-electron chi connectivity index (χ3n) is 1.95. The van der Waals surface area contributed by atoms with Crippen LogP contribution < -0.4 is 0 Å². The third kappa shape index (κ3) is 2.50. The molecule has 0 fully saturated rings. The smallest absolute Gasteiger partial charge is 0.166 e. The van der Waals surface area contributed by atoms with Crippen LogP contribution in [0.15, 0.2) is 22.7 Å². The summed E-state index contributed by atoms with van der Waals surface area (Å²) in [4.78, 5) is 0. The molecule has 0 heterocycles. The second-order valence-electron chi connectivity index (χ2n) is 3.39. The van der Waals surface area contributed by atoms with Crippen LogP contribution in [0.2, 0.25) is 0 Å². The van der Waals surface area contributed by atoms with Gasteiger partial charge in [-0.2, -0.15) is 13.2 Å². The van der Waals surface area contributed by atoms with Gasteiger partial charge in [0.1, 0.15) is 0 Å². The molecule has 0 spiro atoms. The fraction of sp³-hybridized carbons (Fsp3) is 0.400. The van der Waals surface area contributed by atoms with Crippen LogP contribution in [0.4, 0.5) is 13.2 Å². The van der Waals surface area contributed by atoms with Crippen molar-refractivity contribution in [3.63, 3.8) is 0 Å². The Bertz CT molecular complexity index is 329. The number of benzene rings is 1. The van der Waals surface area contributed by atoms with E-state index >= 15 is 0 Å². The van der Waals surface area contributed by atoms with Gasteiger partial charge in [0.15, 0.2) is 0 Å². The lowest BCUT2D eigenvalue weighted by Gasteiger charge is -2.12. The van der Waals surface area contributed by atoms with Crippen LogP contribution in [0.1, 0.15) is 30.9 Å². The Morgan fingerprint density at radius 2 is 1.79 bits per heavy atom. The van der Waals surface area contributed by atoms with Gasteiger partial charge in [0.25, 0.3) is 0 Å². The highest BCUT2D eigenvalue weighted by Gasteiger charge is 2.30. The number of hydrogen-bond donors (Lipinski definition) is 0. The molecule has 0 bridgehead atoms. The lowest BCUT2D eigenvalue weighted by Crippen LogP contribution is -2.06. The molecule has 0 N–H and O–H groups in total. The fourth-order valence-electron chi connectivity index (χ4n) is 1.16. The summed E-state index contributed by atoms with van der Waals surface area (Å²) in [6, 6.07) is 3.71. The zero-order chi connectivity index (χ0) is 10.9. The SMILES string of the molecule is CC(C)c1cc(C(F)(F)F)ccc1Br. The van der Waals surface area contributed by atoms with E-state index in [0.29, 0.717) is 5.56 Å². The van der Waals surface area contributed by atoms with Crippen molar-refractivity contribution in [3.8, 4) is 0 Å². The molecule has 0 saturated heterocycles. The molecule has 1 aromatic carbocycles. The van der Waals surface area contributed by atoms with Crippen LogP contribution in [0.25, 0.3) is 0 Å². The summed E-state index contributed by atoms with van der Waals surface area (Å²) in [5.41, 5.74) is 0.0872. The van der Waals surface area contributed by atoms with Crippen molar-refractivity contribution in [2.24, 2.45) is 0 Å². The van der Waals surface area contributed by atoms with Gasteiger partial charge in [0, 0.05) is 4.47 Å². The average Bonchev–Trinajstić information content (AvgIpc) is 2.02. The highest BCUT2D eigenvalue weighted by atomic mass is 79.9. The standard InChI is InChI=1S/C10H10BrF3/c1-6(2)8-5-7(10(12,13)14)3-4-9(8)11/h3-6H,1-2H3. The fourth-order valence-corrected chi connectivity index (χ4v) is 1.87. The minimum absolute atomic E-state index is 0.0756. The Morgan fingerprint density at radius 1 is 1.21 bits per heavy atom. The van der Waals surface area contributed by atoms with Crippen molar-refractivity contribution in [2.45, 2.75) is 25.9 Å². The molecular weight excluding hydrogens is 257 g/mol. The van der Waals surface area contributed by atoms with Gasteiger partial charge < -0.3 is 0 Å². The quantitative estimate of drug-likeness (QED) is 0.698. The number of hydrogen-bond acceptors (Lipinski definition) is 0. The summed E-state index contributed by atoms with van der Waals surface area (Å²) in [7, 11) is 0. The van der Waals surface area contributed by atoms with Gasteiger partial charge in [0.05, 0.1) is 5.56 Å². The van der Waals surface area contributed by atoms with Gasteiger partial charge in [-0.25, -0.2) is 0 Å². The maximum Gasteiger partial charge on any atom is 0.416 e. The Kier molecular flexibility index (Phi) is 3.24. The molecule has 0 amide bonds. The van der Waals surface area contributed by atoms with Crippen LogP contribution in [0.5, 0.6) is 0 Å². The molecule has 1 aromatic rings. The van der Waals surface area contributed by atoms with E-state index < -0.39 is 11.7 Å². The van der Waals surface area contributed by atoms with Crippen molar-refractivity contribution in [1.82, 2.24) is 0 Å². The first-order valence-corrected chi connectivity index (χ1v) is 4.98. The topological polar surface area (TPSA) is 0 Å². The second-order valence-corrected chi connectivity index (χ2v) is 4.24. The third-order valence-corrected chi connectivity index (χ3v) is 2.67. The van der Waals surface area contributed by atoms with E-state index in [0.717, 1.165) is 10.5 Å². The zero-order valence-corrected chi connectivity index (χ0v) is 9.41. The lowest BCUT2D eigenvalue weighted by molar-refractivity contribution is -0.137. The molecule has 78 valence electrons. The summed E-state index contributed by atoms with van der Waals surface area (Å²) in [5.74, 6) is 0.0756. The van der Waals surface area contributed by atoms with Gasteiger partial charge in [-0.3, -0.25) is 0 Å². The van der Waals surface area contributed by atoms with Crippen LogP contribution in [-0.4, -0.2) is 0 Å². The first-order valence-electron chi connectivity index (χ1n) is 4.19. The molecule has 0 aliphatic rings. The molecule has 0 aliphatic heterocycles. The van der Waals surface area contributed by atoms with Crippen LogP contribution in [0, 0.1) is 0 Å². The predicted molar refractivity (Wildman–Crippen MR) is 53.2 cm³/mol. The summed E-state index contributed by atoms with van der Waals surface area (Å²) in [6.07, 6.45) is -4.26. The molecule has 4 heteroatoms. The van der Waals surface area contributed by atoms with E-state index in [4.69, 9.17) is 0 Å². The molecule has 0 unspecified atom stereocenters. The van der Waals surface area contributed by atoms with Gasteiger partial charge in [-0.05, 0) is 29.7 Å². The molecule has 0 saturated carbocycles. The Morgan fingerprint density at radius 3 is 2.21 bits per heavy atom. The van der Waals surface area contributed by atoms with Gasteiger partial charge in [-0.15, -0.1) is 0 Å². The van der Waals surface area contributed by atoms with Gasteiger partial charge >= 0.3 is 6.18 Å². The minimum atomic E-state index is -4.26. The maximum absolute atomic E-state index is 12.3. The van der Waals surface area contributed by atoms with Crippen molar-refractivity contribution in [1.29, 1.82) is 0 Å². The predicted octanol–water partition coefficient (Wildman–Crippen LogP) is 4.59. The van der Waals surface area contributed by atoms with Crippen LogP contribution in [0.3, 0.4) is 0 Å². The molecule has 0 nitrogen and oxygen atoms in total. The summed E-state index contributed by atoms with van der Waals surface area (Å²) >= 11 is 3.23. The number of alkyl halides is 3. The van der Waals surface area contributed by atoms with Crippen molar-refractivity contribution >= 4 is 15.9 Å². The van der Waals surface area contributed by atoms with E-state index in [9.17, 15) is 13.2 Å². The van der Waals surface area contributed by atoms with Crippen molar-refractivity contribution < 1.29 is 13.2 Å².